The normalized spacial score (nSPS) is 11.7. The molecule has 1 nitrogen and oxygen atoms in total. The molecule has 0 unspecified atom stereocenters. The van der Waals surface area contributed by atoms with Crippen LogP contribution in [0.5, 0.6) is 5.75 Å². The molecule has 0 saturated heterocycles. The molecule has 0 aliphatic heterocycles. The third-order valence-corrected chi connectivity index (χ3v) is 6.21. The lowest BCUT2D eigenvalue weighted by Crippen LogP contribution is -2.06. The summed E-state index contributed by atoms with van der Waals surface area (Å²) < 4.78 is 101. The maximum Gasteiger partial charge on any atom is 0.387 e. The molecule has 0 atom stereocenters. The van der Waals surface area contributed by atoms with Gasteiger partial charge in [-0.3, -0.25) is 0 Å². The average molecular weight is 532 g/mol. The Kier molecular flexibility index (Phi) is 8.39. The number of fused-ring (bicyclic) bond motifs is 1. The highest BCUT2D eigenvalue weighted by Gasteiger charge is 2.18. The number of rotatable bonds is 9. The molecule has 0 bridgehead atoms. The first kappa shape index (κ1) is 27.2. The number of ether oxygens (including phenoxy) is 1. The van der Waals surface area contributed by atoms with E-state index in [2.05, 4.69) is 4.74 Å². The summed E-state index contributed by atoms with van der Waals surface area (Å²) >= 11 is 0. The number of halogens is 7. The number of hydrogen-bond donors (Lipinski definition) is 0. The van der Waals surface area contributed by atoms with Gasteiger partial charge in [0.1, 0.15) is 17.5 Å². The van der Waals surface area contributed by atoms with Crippen molar-refractivity contribution >= 4 is 10.8 Å². The molecule has 0 fully saturated rings. The lowest BCUT2D eigenvalue weighted by molar-refractivity contribution is -0.0546. The predicted octanol–water partition coefficient (Wildman–Crippen LogP) is 9.10. The molecule has 4 aromatic rings. The summed E-state index contributed by atoms with van der Waals surface area (Å²) in [5, 5.41) is 0.637. The van der Waals surface area contributed by atoms with Crippen LogP contribution in [-0.2, 0) is 19.3 Å². The van der Waals surface area contributed by atoms with Crippen LogP contribution < -0.4 is 4.74 Å². The van der Waals surface area contributed by atoms with Crippen LogP contribution in [0.4, 0.5) is 30.7 Å². The van der Waals surface area contributed by atoms with Crippen LogP contribution in [0.1, 0.15) is 30.0 Å². The molecule has 38 heavy (non-hydrogen) atoms. The second-order valence-corrected chi connectivity index (χ2v) is 8.78. The fourth-order valence-electron chi connectivity index (χ4n) is 4.39. The third-order valence-electron chi connectivity index (χ3n) is 6.21. The summed E-state index contributed by atoms with van der Waals surface area (Å²) in [6, 6.07) is 11.8. The molecule has 0 aliphatic rings. The number of benzene rings is 4. The van der Waals surface area contributed by atoms with E-state index < -0.39 is 41.4 Å². The van der Waals surface area contributed by atoms with E-state index in [1.165, 1.54) is 36.4 Å². The van der Waals surface area contributed by atoms with Crippen molar-refractivity contribution in [2.24, 2.45) is 0 Å². The van der Waals surface area contributed by atoms with Gasteiger partial charge in [-0.05, 0) is 90.6 Å². The van der Waals surface area contributed by atoms with Crippen LogP contribution in [0, 0.1) is 29.1 Å². The van der Waals surface area contributed by atoms with Crippen LogP contribution >= 0.6 is 0 Å². The summed E-state index contributed by atoms with van der Waals surface area (Å²) in [6.45, 7) is -1.51. The van der Waals surface area contributed by atoms with Crippen LogP contribution in [0.3, 0.4) is 0 Å². The van der Waals surface area contributed by atoms with Gasteiger partial charge in [0.15, 0.2) is 17.4 Å². The maximum atomic E-state index is 15.2. The molecule has 0 N–H and O–H groups in total. The first-order valence-electron chi connectivity index (χ1n) is 11.9. The summed E-state index contributed by atoms with van der Waals surface area (Å²) in [5.74, 6) is -5.72. The molecule has 0 heterocycles. The van der Waals surface area contributed by atoms with Gasteiger partial charge in [-0.15, -0.1) is 0 Å². The van der Waals surface area contributed by atoms with E-state index in [1.54, 1.807) is 6.07 Å². The minimum Gasteiger partial charge on any atom is -0.429 e. The van der Waals surface area contributed by atoms with Gasteiger partial charge in [-0.2, -0.15) is 8.78 Å². The van der Waals surface area contributed by atoms with Crippen molar-refractivity contribution in [2.75, 3.05) is 0 Å². The van der Waals surface area contributed by atoms with E-state index in [4.69, 9.17) is 0 Å². The van der Waals surface area contributed by atoms with Gasteiger partial charge in [0.2, 0.25) is 0 Å². The Morgan fingerprint density at radius 1 is 0.737 bits per heavy atom. The van der Waals surface area contributed by atoms with Crippen molar-refractivity contribution in [3.05, 3.63) is 113 Å². The van der Waals surface area contributed by atoms with Gasteiger partial charge in [-0.1, -0.05) is 36.4 Å². The minimum atomic E-state index is -3.38. The average Bonchev–Trinajstić information content (AvgIpc) is 2.85. The van der Waals surface area contributed by atoms with E-state index in [0.29, 0.717) is 23.8 Å². The smallest absolute Gasteiger partial charge is 0.387 e. The molecule has 0 saturated carbocycles. The maximum absolute atomic E-state index is 15.2. The van der Waals surface area contributed by atoms with Crippen molar-refractivity contribution in [1.82, 2.24) is 0 Å². The molecule has 0 spiro atoms. The fraction of sp³-hybridized carbons (Fsp3) is 0.200. The standard InChI is InChI=1S/C30H23F7O/c1-2-3-4-5-17-12-23(31)27(24(32)13-17)21-10-11-22-20(16-21)9-8-19(28(22)35)7-6-18-14-25(33)29(26(34)15-18)38-30(36)37/h2-3,8-16,30H,4-7H2,1H3/b3-2+. The SMILES string of the molecule is C/C=C/CCc1cc(F)c(-c2ccc3c(F)c(CCc4cc(F)c(OC(F)F)c(F)c4)ccc3c2)c(F)c1. The summed E-state index contributed by atoms with van der Waals surface area (Å²) in [4.78, 5) is 0. The van der Waals surface area contributed by atoms with E-state index >= 15 is 4.39 Å². The van der Waals surface area contributed by atoms with E-state index in [1.807, 2.05) is 19.1 Å². The van der Waals surface area contributed by atoms with Gasteiger partial charge >= 0.3 is 6.61 Å². The molecule has 4 aromatic carbocycles. The number of allylic oxidation sites excluding steroid dienone is 2. The Labute approximate surface area is 215 Å². The Hall–Kier alpha value is -3.81. The Balaban J connectivity index is 1.56. The highest BCUT2D eigenvalue weighted by Crippen LogP contribution is 2.32. The number of alkyl halides is 2. The molecular formula is C30H23F7O. The predicted molar refractivity (Wildman–Crippen MR) is 133 cm³/mol. The first-order chi connectivity index (χ1) is 18.2. The Morgan fingerprint density at radius 3 is 2.00 bits per heavy atom. The lowest BCUT2D eigenvalue weighted by Gasteiger charge is -2.12. The zero-order chi connectivity index (χ0) is 27.4. The van der Waals surface area contributed by atoms with Gasteiger partial charge in [0.25, 0.3) is 0 Å². The van der Waals surface area contributed by atoms with Gasteiger partial charge in [0.05, 0.1) is 5.56 Å². The summed E-state index contributed by atoms with van der Waals surface area (Å²) in [6.07, 6.45) is 5.03. The molecule has 0 amide bonds. The molecule has 8 heteroatoms. The topological polar surface area (TPSA) is 9.23 Å². The zero-order valence-corrected chi connectivity index (χ0v) is 20.3. The van der Waals surface area contributed by atoms with E-state index in [0.717, 1.165) is 12.1 Å². The molecule has 0 aliphatic carbocycles. The molecule has 0 aromatic heterocycles. The quantitative estimate of drug-likeness (QED) is 0.154. The van der Waals surface area contributed by atoms with E-state index in [-0.39, 0.29) is 40.5 Å². The van der Waals surface area contributed by atoms with Crippen LogP contribution in [0.2, 0.25) is 0 Å². The van der Waals surface area contributed by atoms with Gasteiger partial charge in [0, 0.05) is 5.39 Å². The summed E-state index contributed by atoms with van der Waals surface area (Å²) in [5.41, 5.74) is 0.985. The van der Waals surface area contributed by atoms with Crippen molar-refractivity contribution in [2.45, 2.75) is 39.2 Å². The van der Waals surface area contributed by atoms with Crippen LogP contribution in [0.15, 0.2) is 66.7 Å². The zero-order valence-electron chi connectivity index (χ0n) is 20.3. The largest absolute Gasteiger partial charge is 0.429 e. The number of hydrogen-bond acceptors (Lipinski definition) is 1. The highest BCUT2D eigenvalue weighted by molar-refractivity contribution is 5.88. The number of aryl methyl sites for hydroxylation is 3. The van der Waals surface area contributed by atoms with Crippen molar-refractivity contribution in [3.8, 4) is 16.9 Å². The summed E-state index contributed by atoms with van der Waals surface area (Å²) in [7, 11) is 0. The van der Waals surface area contributed by atoms with Gasteiger partial charge in [-0.25, -0.2) is 22.0 Å². The van der Waals surface area contributed by atoms with E-state index in [9.17, 15) is 26.3 Å². The van der Waals surface area contributed by atoms with Crippen molar-refractivity contribution < 1.29 is 35.5 Å². The van der Waals surface area contributed by atoms with Gasteiger partial charge < -0.3 is 4.74 Å². The monoisotopic (exact) mass is 532 g/mol. The Bertz CT molecular complexity index is 1450. The van der Waals surface area contributed by atoms with Crippen molar-refractivity contribution in [3.63, 3.8) is 0 Å². The lowest BCUT2D eigenvalue weighted by atomic mass is 9.95. The fourth-order valence-corrected chi connectivity index (χ4v) is 4.39. The molecule has 0 radical (unpaired) electrons. The Morgan fingerprint density at radius 2 is 1.37 bits per heavy atom. The second-order valence-electron chi connectivity index (χ2n) is 8.78. The first-order valence-corrected chi connectivity index (χ1v) is 11.9. The molecule has 198 valence electrons. The van der Waals surface area contributed by atoms with Crippen LogP contribution in [0.25, 0.3) is 21.9 Å². The second kappa shape index (κ2) is 11.7. The van der Waals surface area contributed by atoms with Crippen molar-refractivity contribution in [1.29, 1.82) is 0 Å². The molecular weight excluding hydrogens is 509 g/mol. The van der Waals surface area contributed by atoms with Crippen LogP contribution in [-0.4, -0.2) is 6.61 Å². The molecule has 4 rings (SSSR count). The highest BCUT2D eigenvalue weighted by atomic mass is 19.3. The minimum absolute atomic E-state index is 0.0279. The third kappa shape index (κ3) is 6.01.